The normalized spacial score (nSPS) is 12.0. The topological polar surface area (TPSA) is 78.4 Å². The maximum atomic E-state index is 10.9. The van der Waals surface area contributed by atoms with E-state index in [0.29, 0.717) is 6.41 Å². The Morgan fingerprint density at radius 3 is 2.63 bits per heavy atom. The van der Waals surface area contributed by atoms with E-state index in [0.717, 1.165) is 16.3 Å². The van der Waals surface area contributed by atoms with Crippen molar-refractivity contribution in [1.29, 1.82) is 0 Å². The first-order valence-electron chi connectivity index (χ1n) is 5.86. The van der Waals surface area contributed by atoms with E-state index in [1.807, 2.05) is 42.5 Å². The van der Waals surface area contributed by atoms with E-state index in [2.05, 4.69) is 10.9 Å². The maximum Gasteiger partial charge on any atom is 0.305 e. The molecule has 2 aromatic carbocycles. The predicted octanol–water partition coefficient (Wildman–Crippen LogP) is 1.61. The quantitative estimate of drug-likeness (QED) is 0.543. The number of aliphatic carboxylic acids is 1. The van der Waals surface area contributed by atoms with Crippen LogP contribution in [-0.2, 0) is 9.59 Å². The smallest absolute Gasteiger partial charge is 0.305 e. The second-order valence-electron chi connectivity index (χ2n) is 4.16. The number of fused-ring (bicyclic) bond motifs is 1. The lowest BCUT2D eigenvalue weighted by Crippen LogP contribution is -2.35. The van der Waals surface area contributed by atoms with Crippen molar-refractivity contribution < 1.29 is 14.7 Å². The van der Waals surface area contributed by atoms with Crippen LogP contribution in [0.1, 0.15) is 18.0 Å². The molecule has 0 radical (unpaired) electrons. The molecule has 0 aromatic heterocycles. The number of nitrogens with one attached hydrogen (secondary N) is 2. The Morgan fingerprint density at radius 1 is 1.21 bits per heavy atom. The summed E-state index contributed by atoms with van der Waals surface area (Å²) in [6, 6.07) is 13.1. The number of hydrazine groups is 1. The zero-order valence-corrected chi connectivity index (χ0v) is 10.2. The molecule has 3 N–H and O–H groups in total. The molecule has 1 unspecified atom stereocenters. The number of carbonyl (C=O) groups excluding carboxylic acids is 1. The van der Waals surface area contributed by atoms with Crippen LogP contribution in [-0.4, -0.2) is 17.5 Å². The fraction of sp³-hybridized carbons (Fsp3) is 0.143. The van der Waals surface area contributed by atoms with Crippen molar-refractivity contribution in [3.05, 3.63) is 48.0 Å². The van der Waals surface area contributed by atoms with E-state index < -0.39 is 12.0 Å². The van der Waals surface area contributed by atoms with Crippen LogP contribution in [0.4, 0.5) is 0 Å². The lowest BCUT2D eigenvalue weighted by Gasteiger charge is -2.16. The number of carboxylic acid groups (broad SMARTS) is 1. The van der Waals surface area contributed by atoms with Crippen LogP contribution < -0.4 is 10.9 Å². The lowest BCUT2D eigenvalue weighted by molar-refractivity contribution is -0.137. The first kappa shape index (κ1) is 13.0. The molecule has 0 saturated carbocycles. The van der Waals surface area contributed by atoms with Crippen molar-refractivity contribution in [2.75, 3.05) is 0 Å². The van der Waals surface area contributed by atoms with E-state index in [-0.39, 0.29) is 6.42 Å². The summed E-state index contributed by atoms with van der Waals surface area (Å²) in [5.41, 5.74) is 5.80. The van der Waals surface area contributed by atoms with Crippen molar-refractivity contribution >= 4 is 23.2 Å². The summed E-state index contributed by atoms with van der Waals surface area (Å²) in [4.78, 5) is 21.2. The van der Waals surface area contributed by atoms with Gasteiger partial charge in [-0.1, -0.05) is 36.4 Å². The Bertz CT molecular complexity index is 598. The minimum atomic E-state index is -0.932. The van der Waals surface area contributed by atoms with Gasteiger partial charge in [-0.15, -0.1) is 0 Å². The molecular weight excluding hydrogens is 244 g/mol. The monoisotopic (exact) mass is 258 g/mol. The molecule has 5 heteroatoms. The Labute approximate surface area is 110 Å². The fourth-order valence-electron chi connectivity index (χ4n) is 1.99. The molecule has 0 aliphatic rings. The van der Waals surface area contributed by atoms with Crippen molar-refractivity contribution in [1.82, 2.24) is 10.9 Å². The van der Waals surface area contributed by atoms with Crippen molar-refractivity contribution in [2.24, 2.45) is 0 Å². The molecular formula is C14H14N2O3. The third kappa shape index (κ3) is 3.29. The molecule has 0 bridgehead atoms. The molecule has 98 valence electrons. The van der Waals surface area contributed by atoms with Gasteiger partial charge in [0.05, 0.1) is 12.5 Å². The van der Waals surface area contributed by atoms with Gasteiger partial charge in [0.15, 0.2) is 0 Å². The van der Waals surface area contributed by atoms with Crippen LogP contribution in [0.2, 0.25) is 0 Å². The van der Waals surface area contributed by atoms with Gasteiger partial charge in [0.2, 0.25) is 6.41 Å². The minimum absolute atomic E-state index is 0.112. The Morgan fingerprint density at radius 2 is 1.95 bits per heavy atom. The van der Waals surface area contributed by atoms with Crippen LogP contribution in [0.25, 0.3) is 10.8 Å². The highest BCUT2D eigenvalue weighted by atomic mass is 16.4. The third-order valence-electron chi connectivity index (χ3n) is 2.87. The van der Waals surface area contributed by atoms with Gasteiger partial charge in [0.1, 0.15) is 0 Å². The van der Waals surface area contributed by atoms with E-state index >= 15 is 0 Å². The molecule has 5 nitrogen and oxygen atoms in total. The third-order valence-corrected chi connectivity index (χ3v) is 2.87. The van der Waals surface area contributed by atoms with E-state index in [9.17, 15) is 9.59 Å². The highest BCUT2D eigenvalue weighted by molar-refractivity contribution is 5.83. The van der Waals surface area contributed by atoms with Crippen LogP contribution in [0, 0.1) is 0 Å². The first-order chi connectivity index (χ1) is 9.20. The van der Waals surface area contributed by atoms with Gasteiger partial charge in [0, 0.05) is 0 Å². The zero-order chi connectivity index (χ0) is 13.7. The van der Waals surface area contributed by atoms with Gasteiger partial charge in [0.25, 0.3) is 0 Å². The molecule has 2 aromatic rings. The second kappa shape index (κ2) is 5.97. The Kier molecular flexibility index (Phi) is 4.10. The maximum absolute atomic E-state index is 10.9. The fourth-order valence-corrected chi connectivity index (χ4v) is 1.99. The number of hydrogen-bond donors (Lipinski definition) is 3. The highest BCUT2D eigenvalue weighted by Gasteiger charge is 2.15. The molecule has 1 atom stereocenters. The predicted molar refractivity (Wildman–Crippen MR) is 71.3 cm³/mol. The van der Waals surface area contributed by atoms with Gasteiger partial charge in [-0.2, -0.15) is 0 Å². The summed E-state index contributed by atoms with van der Waals surface area (Å²) < 4.78 is 0. The van der Waals surface area contributed by atoms with Crippen molar-refractivity contribution in [3.63, 3.8) is 0 Å². The number of benzene rings is 2. The van der Waals surface area contributed by atoms with Crippen LogP contribution in [0.5, 0.6) is 0 Å². The Hall–Kier alpha value is -2.40. The summed E-state index contributed by atoms with van der Waals surface area (Å²) in [5, 5.41) is 11.0. The van der Waals surface area contributed by atoms with Crippen molar-refractivity contribution in [3.8, 4) is 0 Å². The van der Waals surface area contributed by atoms with E-state index in [1.54, 1.807) is 0 Å². The average Bonchev–Trinajstić information content (AvgIpc) is 2.42. The van der Waals surface area contributed by atoms with Crippen LogP contribution in [0.15, 0.2) is 42.5 Å². The molecule has 0 fully saturated rings. The Balaban J connectivity index is 2.31. The molecule has 19 heavy (non-hydrogen) atoms. The highest BCUT2D eigenvalue weighted by Crippen LogP contribution is 2.22. The summed E-state index contributed by atoms with van der Waals surface area (Å²) >= 11 is 0. The standard InChI is InChI=1S/C14H14N2O3/c17-9-15-16-13(8-14(18)19)12-6-5-10-3-1-2-4-11(10)7-12/h1-7,9,13,16H,8H2,(H,15,17)(H,18,19). The number of hydrogen-bond acceptors (Lipinski definition) is 3. The first-order valence-corrected chi connectivity index (χ1v) is 5.86. The van der Waals surface area contributed by atoms with Gasteiger partial charge in [-0.25, -0.2) is 5.43 Å². The number of rotatable bonds is 6. The second-order valence-corrected chi connectivity index (χ2v) is 4.16. The molecule has 0 spiro atoms. The average molecular weight is 258 g/mol. The molecule has 2 rings (SSSR count). The number of amides is 1. The molecule has 0 aliphatic heterocycles. The van der Waals surface area contributed by atoms with Gasteiger partial charge >= 0.3 is 5.97 Å². The van der Waals surface area contributed by atoms with Gasteiger partial charge in [-0.3, -0.25) is 15.0 Å². The van der Waals surface area contributed by atoms with Gasteiger partial charge < -0.3 is 5.11 Å². The van der Waals surface area contributed by atoms with Crippen LogP contribution in [0.3, 0.4) is 0 Å². The van der Waals surface area contributed by atoms with E-state index in [4.69, 9.17) is 5.11 Å². The molecule has 0 saturated heterocycles. The number of carboxylic acids is 1. The zero-order valence-electron chi connectivity index (χ0n) is 10.2. The number of carbonyl (C=O) groups is 2. The summed E-state index contributed by atoms with van der Waals surface area (Å²) in [6.07, 6.45) is 0.370. The van der Waals surface area contributed by atoms with Crippen LogP contribution >= 0.6 is 0 Å². The molecule has 0 aliphatic carbocycles. The minimum Gasteiger partial charge on any atom is -0.481 e. The summed E-state index contributed by atoms with van der Waals surface area (Å²) in [5.74, 6) is -0.932. The molecule has 1 amide bonds. The van der Waals surface area contributed by atoms with Crippen molar-refractivity contribution in [2.45, 2.75) is 12.5 Å². The van der Waals surface area contributed by atoms with E-state index in [1.165, 1.54) is 0 Å². The largest absolute Gasteiger partial charge is 0.481 e. The molecule has 0 heterocycles. The lowest BCUT2D eigenvalue weighted by atomic mass is 10.0. The van der Waals surface area contributed by atoms with Gasteiger partial charge in [-0.05, 0) is 22.4 Å². The summed E-state index contributed by atoms with van der Waals surface area (Å²) in [7, 11) is 0. The summed E-state index contributed by atoms with van der Waals surface area (Å²) in [6.45, 7) is 0. The SMILES string of the molecule is O=CNNC(CC(=O)O)c1ccc2ccccc2c1.